The van der Waals surface area contributed by atoms with Gasteiger partial charge >= 0.3 is 11.9 Å². The zero-order chi connectivity index (χ0) is 15.7. The summed E-state index contributed by atoms with van der Waals surface area (Å²) in [6.07, 6.45) is 1.68. The van der Waals surface area contributed by atoms with Gasteiger partial charge in [0.1, 0.15) is 0 Å². The molecule has 0 bridgehead atoms. The molecule has 1 aromatic heterocycles. The van der Waals surface area contributed by atoms with Crippen molar-refractivity contribution in [2.24, 2.45) is 17.9 Å². The third-order valence-corrected chi connectivity index (χ3v) is 2.60. The van der Waals surface area contributed by atoms with E-state index in [4.69, 9.17) is 9.47 Å². The van der Waals surface area contributed by atoms with Gasteiger partial charge in [0.05, 0.1) is 10.8 Å². The van der Waals surface area contributed by atoms with E-state index >= 15 is 0 Å². The first kappa shape index (κ1) is 16.3. The van der Waals surface area contributed by atoms with Gasteiger partial charge in [0.15, 0.2) is 5.75 Å². The highest BCUT2D eigenvalue weighted by Crippen LogP contribution is 2.31. The lowest BCUT2D eigenvalue weighted by molar-refractivity contribution is -0.146. The van der Waals surface area contributed by atoms with E-state index in [0.717, 1.165) is 0 Å². The molecule has 1 rings (SSSR count). The number of hydrogen-bond acceptors (Lipinski definition) is 4. The van der Waals surface area contributed by atoms with Crippen LogP contribution in [0.5, 0.6) is 11.6 Å². The lowest BCUT2D eigenvalue weighted by Gasteiger charge is -2.19. The summed E-state index contributed by atoms with van der Waals surface area (Å²) >= 11 is 0. The van der Waals surface area contributed by atoms with Crippen molar-refractivity contribution < 1.29 is 19.1 Å². The number of carbonyl (C=O) groups excluding carboxylic acids is 2. The lowest BCUT2D eigenvalue weighted by Crippen LogP contribution is -2.28. The molecule has 0 atom stereocenters. The van der Waals surface area contributed by atoms with Crippen molar-refractivity contribution in [2.45, 2.75) is 41.5 Å². The summed E-state index contributed by atoms with van der Waals surface area (Å²) in [6, 6.07) is 1.61. The number of nitrogens with zero attached hydrogens (tertiary/aromatic N) is 1. The Hall–Kier alpha value is -1.78. The van der Waals surface area contributed by atoms with Crippen LogP contribution in [-0.4, -0.2) is 16.5 Å². The molecular formula is C15H23NO4. The standard InChI is InChI=1S/C15H23NO4/c1-14(2,3)12(17)19-10-8-9-16(7)11(10)20-13(18)15(4,5)6/h8-9H,1-7H3. The summed E-state index contributed by atoms with van der Waals surface area (Å²) in [5.74, 6) is -0.267. The number of ether oxygens (including phenoxy) is 2. The summed E-state index contributed by atoms with van der Waals surface area (Å²) in [6.45, 7) is 10.6. The Labute approximate surface area is 119 Å². The molecule has 0 spiro atoms. The third kappa shape index (κ3) is 3.85. The second-order valence-electron chi connectivity index (χ2n) is 6.88. The van der Waals surface area contributed by atoms with Gasteiger partial charge in [0.25, 0.3) is 0 Å². The Morgan fingerprint density at radius 1 is 0.950 bits per heavy atom. The predicted molar refractivity (Wildman–Crippen MR) is 75.6 cm³/mol. The number of esters is 2. The largest absolute Gasteiger partial charge is 0.420 e. The molecule has 5 heteroatoms. The van der Waals surface area contributed by atoms with Crippen molar-refractivity contribution in [3.05, 3.63) is 12.3 Å². The van der Waals surface area contributed by atoms with E-state index in [0.29, 0.717) is 0 Å². The maximum Gasteiger partial charge on any atom is 0.318 e. The lowest BCUT2D eigenvalue weighted by atomic mass is 9.97. The number of rotatable bonds is 2. The molecule has 0 saturated heterocycles. The Morgan fingerprint density at radius 2 is 1.40 bits per heavy atom. The van der Waals surface area contributed by atoms with Crippen molar-refractivity contribution in [2.75, 3.05) is 0 Å². The molecule has 0 radical (unpaired) electrons. The summed E-state index contributed by atoms with van der Waals surface area (Å²) < 4.78 is 12.3. The van der Waals surface area contributed by atoms with Gasteiger partial charge in [-0.3, -0.25) is 9.59 Å². The fourth-order valence-corrected chi connectivity index (χ4v) is 1.19. The summed E-state index contributed by atoms with van der Waals surface area (Å²) in [7, 11) is 1.72. The van der Waals surface area contributed by atoms with Crippen LogP contribution in [0.3, 0.4) is 0 Å². The molecule has 20 heavy (non-hydrogen) atoms. The van der Waals surface area contributed by atoms with Gasteiger partial charge in [-0.1, -0.05) is 0 Å². The van der Waals surface area contributed by atoms with Crippen molar-refractivity contribution in [1.82, 2.24) is 4.57 Å². The number of aromatic nitrogens is 1. The number of carbonyl (C=O) groups is 2. The van der Waals surface area contributed by atoms with Crippen LogP contribution in [0, 0.1) is 10.8 Å². The Balaban J connectivity index is 2.97. The van der Waals surface area contributed by atoms with Gasteiger partial charge in [-0.15, -0.1) is 0 Å². The van der Waals surface area contributed by atoms with E-state index in [-0.39, 0.29) is 23.6 Å². The van der Waals surface area contributed by atoms with Crippen LogP contribution in [-0.2, 0) is 16.6 Å². The minimum Gasteiger partial charge on any atom is -0.420 e. The quantitative estimate of drug-likeness (QED) is 0.782. The van der Waals surface area contributed by atoms with E-state index in [1.807, 2.05) is 0 Å². The zero-order valence-electron chi connectivity index (χ0n) is 13.2. The molecule has 0 unspecified atom stereocenters. The second-order valence-corrected chi connectivity index (χ2v) is 6.88. The van der Waals surface area contributed by atoms with E-state index in [9.17, 15) is 9.59 Å². The SMILES string of the molecule is Cn1ccc(OC(=O)C(C)(C)C)c1OC(=O)C(C)(C)C. The predicted octanol–water partition coefficient (Wildman–Crippen LogP) is 2.93. The Bertz CT molecular complexity index is 515. The first-order valence-electron chi connectivity index (χ1n) is 6.53. The van der Waals surface area contributed by atoms with Crippen molar-refractivity contribution >= 4 is 11.9 Å². The normalized spacial score (nSPS) is 12.2. The van der Waals surface area contributed by atoms with Crippen LogP contribution in [0.15, 0.2) is 12.3 Å². The maximum absolute atomic E-state index is 11.9. The number of hydrogen-bond donors (Lipinski definition) is 0. The van der Waals surface area contributed by atoms with Crippen molar-refractivity contribution in [3.63, 3.8) is 0 Å². The first-order chi connectivity index (χ1) is 8.93. The minimum atomic E-state index is -0.629. The van der Waals surface area contributed by atoms with E-state index in [2.05, 4.69) is 0 Å². The molecule has 0 saturated carbocycles. The molecule has 112 valence electrons. The maximum atomic E-state index is 11.9. The molecule has 1 aromatic rings. The highest BCUT2D eigenvalue weighted by molar-refractivity contribution is 5.80. The molecule has 0 aromatic carbocycles. The molecular weight excluding hydrogens is 258 g/mol. The van der Waals surface area contributed by atoms with E-state index in [1.165, 1.54) is 0 Å². The van der Waals surface area contributed by atoms with Crippen LogP contribution in [0.25, 0.3) is 0 Å². The van der Waals surface area contributed by atoms with Gasteiger partial charge in [-0.2, -0.15) is 0 Å². The molecule has 5 nitrogen and oxygen atoms in total. The molecule has 1 heterocycles. The van der Waals surface area contributed by atoms with Crippen LogP contribution in [0.1, 0.15) is 41.5 Å². The molecule has 0 aliphatic heterocycles. The smallest absolute Gasteiger partial charge is 0.318 e. The summed E-state index contributed by atoms with van der Waals surface area (Å²) in [4.78, 5) is 23.8. The monoisotopic (exact) mass is 281 g/mol. The van der Waals surface area contributed by atoms with Crippen LogP contribution in [0.2, 0.25) is 0 Å². The molecule has 0 aliphatic rings. The van der Waals surface area contributed by atoms with E-state index in [1.54, 1.807) is 65.4 Å². The van der Waals surface area contributed by atoms with Gasteiger partial charge in [-0.05, 0) is 41.5 Å². The molecule has 0 amide bonds. The third-order valence-electron chi connectivity index (χ3n) is 2.60. The van der Waals surface area contributed by atoms with Gasteiger partial charge < -0.3 is 14.0 Å². The fourth-order valence-electron chi connectivity index (χ4n) is 1.19. The fraction of sp³-hybridized carbons (Fsp3) is 0.600. The number of aryl methyl sites for hydroxylation is 1. The topological polar surface area (TPSA) is 57.5 Å². The minimum absolute atomic E-state index is 0.238. The summed E-state index contributed by atoms with van der Waals surface area (Å²) in [5, 5.41) is 0. The zero-order valence-corrected chi connectivity index (χ0v) is 13.2. The summed E-state index contributed by atoms with van der Waals surface area (Å²) in [5.41, 5.74) is -1.25. The first-order valence-corrected chi connectivity index (χ1v) is 6.53. The van der Waals surface area contributed by atoms with Crippen molar-refractivity contribution in [3.8, 4) is 11.6 Å². The highest BCUT2D eigenvalue weighted by Gasteiger charge is 2.29. The average molecular weight is 281 g/mol. The van der Waals surface area contributed by atoms with Crippen LogP contribution < -0.4 is 9.47 Å². The Kier molecular flexibility index (Phi) is 4.32. The van der Waals surface area contributed by atoms with Gasteiger partial charge in [-0.25, -0.2) is 0 Å². The molecule has 0 N–H and O–H groups in total. The average Bonchev–Trinajstić information content (AvgIpc) is 2.58. The Morgan fingerprint density at radius 3 is 1.85 bits per heavy atom. The molecule has 0 fully saturated rings. The van der Waals surface area contributed by atoms with Crippen molar-refractivity contribution in [1.29, 1.82) is 0 Å². The van der Waals surface area contributed by atoms with Crippen LogP contribution in [0.4, 0.5) is 0 Å². The van der Waals surface area contributed by atoms with E-state index < -0.39 is 10.8 Å². The van der Waals surface area contributed by atoms with Gasteiger partial charge in [0.2, 0.25) is 5.88 Å². The van der Waals surface area contributed by atoms with Crippen LogP contribution >= 0.6 is 0 Å². The highest BCUT2D eigenvalue weighted by atomic mass is 16.6. The molecule has 0 aliphatic carbocycles. The van der Waals surface area contributed by atoms with Gasteiger partial charge in [0, 0.05) is 19.3 Å². The second kappa shape index (κ2) is 5.31.